The lowest BCUT2D eigenvalue weighted by molar-refractivity contribution is 0.0558. The van der Waals surface area contributed by atoms with Crippen molar-refractivity contribution in [1.29, 1.82) is 0 Å². The van der Waals surface area contributed by atoms with Crippen LogP contribution in [0.1, 0.15) is 32.0 Å². The lowest BCUT2D eigenvalue weighted by Crippen LogP contribution is -2.32. The van der Waals surface area contributed by atoms with E-state index in [4.69, 9.17) is 11.6 Å². The van der Waals surface area contributed by atoms with Crippen molar-refractivity contribution in [3.05, 3.63) is 35.0 Å². The van der Waals surface area contributed by atoms with E-state index < -0.39 is 11.4 Å². The van der Waals surface area contributed by atoms with E-state index in [-0.39, 0.29) is 23.4 Å². The van der Waals surface area contributed by atoms with E-state index in [1.165, 1.54) is 12.3 Å². The number of nitrogens with zero attached hydrogens (tertiary/aromatic N) is 5. The molecule has 3 rings (SSSR count). The summed E-state index contributed by atoms with van der Waals surface area (Å²) < 4.78 is 15.7. The van der Waals surface area contributed by atoms with Gasteiger partial charge >= 0.3 is 0 Å². The Morgan fingerprint density at radius 2 is 2.23 bits per heavy atom. The monoisotopic (exact) mass is 325 g/mol. The summed E-state index contributed by atoms with van der Waals surface area (Å²) in [5, 5.41) is 19.1. The number of hydrogen-bond acceptors (Lipinski definition) is 5. The zero-order valence-corrected chi connectivity index (χ0v) is 13.1. The molecule has 1 atom stereocenters. The molecule has 1 N–H and O–H groups in total. The van der Waals surface area contributed by atoms with Crippen molar-refractivity contribution < 1.29 is 9.50 Å². The Morgan fingerprint density at radius 3 is 2.86 bits per heavy atom. The van der Waals surface area contributed by atoms with E-state index in [0.717, 1.165) is 0 Å². The molecule has 1 aliphatic rings. The Morgan fingerprint density at radius 1 is 1.45 bits per heavy atom. The van der Waals surface area contributed by atoms with Gasteiger partial charge in [-0.15, -0.1) is 5.10 Å². The quantitative estimate of drug-likeness (QED) is 0.936. The summed E-state index contributed by atoms with van der Waals surface area (Å²) in [6.07, 6.45) is 3.57. The number of anilines is 1. The minimum absolute atomic E-state index is 0.165. The molecule has 8 heteroatoms. The van der Waals surface area contributed by atoms with Gasteiger partial charge in [-0.2, -0.15) is 0 Å². The summed E-state index contributed by atoms with van der Waals surface area (Å²) in [4.78, 5) is 5.71. The highest BCUT2D eigenvalue weighted by molar-refractivity contribution is 6.30. The standard InChI is InChI=1S/C14H17ClFN5O/c1-9(2)21-7-12(18-19-21)14(22)3-4-20(8-14)13-11(16)5-10(15)6-17-13/h5-7,9,22H,3-4,8H2,1-2H3. The molecule has 1 saturated heterocycles. The van der Waals surface area contributed by atoms with Crippen LogP contribution in [0.4, 0.5) is 10.2 Å². The van der Waals surface area contributed by atoms with Gasteiger partial charge in [-0.3, -0.25) is 0 Å². The number of aliphatic hydroxyl groups is 1. The first-order valence-electron chi connectivity index (χ1n) is 7.10. The van der Waals surface area contributed by atoms with E-state index in [2.05, 4.69) is 15.3 Å². The van der Waals surface area contributed by atoms with Crippen LogP contribution in [0.3, 0.4) is 0 Å². The number of rotatable bonds is 3. The van der Waals surface area contributed by atoms with Gasteiger partial charge in [0.25, 0.3) is 0 Å². The number of pyridine rings is 1. The van der Waals surface area contributed by atoms with Crippen LogP contribution < -0.4 is 4.90 Å². The predicted octanol–water partition coefficient (Wildman–Crippen LogP) is 2.14. The summed E-state index contributed by atoms with van der Waals surface area (Å²) in [6.45, 7) is 4.67. The Labute approximate surface area is 132 Å². The van der Waals surface area contributed by atoms with Gasteiger partial charge in [-0.05, 0) is 19.9 Å². The number of β-amino-alcohol motifs (C(OH)–C–C–N with tert-alkyl or cyclic N) is 1. The maximum Gasteiger partial charge on any atom is 0.167 e. The fraction of sp³-hybridized carbons (Fsp3) is 0.500. The molecule has 0 radical (unpaired) electrons. The lowest BCUT2D eigenvalue weighted by atomic mass is 10.00. The average Bonchev–Trinajstić information content (AvgIpc) is 3.06. The van der Waals surface area contributed by atoms with Gasteiger partial charge in [0.1, 0.15) is 11.3 Å². The van der Waals surface area contributed by atoms with Gasteiger partial charge in [0.15, 0.2) is 11.6 Å². The van der Waals surface area contributed by atoms with Crippen molar-refractivity contribution in [3.63, 3.8) is 0 Å². The largest absolute Gasteiger partial charge is 0.381 e. The van der Waals surface area contributed by atoms with Crippen LogP contribution in [0.2, 0.25) is 5.02 Å². The van der Waals surface area contributed by atoms with Crippen molar-refractivity contribution in [2.24, 2.45) is 0 Å². The summed E-state index contributed by atoms with van der Waals surface area (Å²) >= 11 is 5.72. The fourth-order valence-corrected chi connectivity index (χ4v) is 2.71. The molecule has 0 aliphatic carbocycles. The second-order valence-corrected chi connectivity index (χ2v) is 6.28. The maximum absolute atomic E-state index is 14.0. The molecular weight excluding hydrogens is 309 g/mol. The van der Waals surface area contributed by atoms with E-state index in [1.807, 2.05) is 13.8 Å². The van der Waals surface area contributed by atoms with Gasteiger partial charge in [0, 0.05) is 25.2 Å². The molecule has 22 heavy (non-hydrogen) atoms. The van der Waals surface area contributed by atoms with Crippen molar-refractivity contribution in [3.8, 4) is 0 Å². The van der Waals surface area contributed by atoms with Crippen LogP contribution in [0.25, 0.3) is 0 Å². The third-order valence-corrected chi connectivity index (χ3v) is 4.06. The molecule has 1 aliphatic heterocycles. The molecule has 3 heterocycles. The first kappa shape index (κ1) is 15.2. The Balaban J connectivity index is 1.83. The van der Waals surface area contributed by atoms with Gasteiger partial charge in [0.2, 0.25) is 0 Å². The molecule has 1 fully saturated rings. The third-order valence-electron chi connectivity index (χ3n) is 3.85. The first-order chi connectivity index (χ1) is 10.4. The van der Waals surface area contributed by atoms with Crippen molar-refractivity contribution in [2.45, 2.75) is 31.9 Å². The Hall–Kier alpha value is -1.73. The topological polar surface area (TPSA) is 67.1 Å². The molecular formula is C14H17ClFN5O. The second-order valence-electron chi connectivity index (χ2n) is 5.84. The smallest absolute Gasteiger partial charge is 0.167 e. The minimum atomic E-state index is -1.15. The molecule has 6 nitrogen and oxygen atoms in total. The number of hydrogen-bond donors (Lipinski definition) is 1. The van der Waals surface area contributed by atoms with E-state index in [0.29, 0.717) is 18.7 Å². The zero-order chi connectivity index (χ0) is 15.9. The van der Waals surface area contributed by atoms with Crippen molar-refractivity contribution in [2.75, 3.05) is 18.0 Å². The van der Waals surface area contributed by atoms with E-state index in [1.54, 1.807) is 15.8 Å². The SMILES string of the molecule is CC(C)n1cc(C2(O)CCN(c3ncc(Cl)cc3F)C2)nn1. The van der Waals surface area contributed by atoms with Crippen LogP contribution in [-0.2, 0) is 5.60 Å². The highest BCUT2D eigenvalue weighted by atomic mass is 35.5. The first-order valence-corrected chi connectivity index (χ1v) is 7.47. The molecule has 118 valence electrons. The maximum atomic E-state index is 14.0. The molecule has 2 aromatic rings. The average molecular weight is 326 g/mol. The third kappa shape index (κ3) is 2.66. The molecule has 0 aromatic carbocycles. The van der Waals surface area contributed by atoms with Crippen LogP contribution in [-0.4, -0.2) is 38.2 Å². The van der Waals surface area contributed by atoms with Gasteiger partial charge in [-0.25, -0.2) is 14.1 Å². The zero-order valence-electron chi connectivity index (χ0n) is 12.4. The van der Waals surface area contributed by atoms with E-state index >= 15 is 0 Å². The molecule has 0 bridgehead atoms. The highest BCUT2D eigenvalue weighted by Gasteiger charge is 2.41. The molecule has 0 spiro atoms. The highest BCUT2D eigenvalue weighted by Crippen LogP contribution is 2.34. The van der Waals surface area contributed by atoms with Gasteiger partial charge < -0.3 is 10.0 Å². The second kappa shape index (κ2) is 5.48. The fourth-order valence-electron chi connectivity index (χ4n) is 2.57. The van der Waals surface area contributed by atoms with Crippen molar-refractivity contribution >= 4 is 17.4 Å². The molecule has 0 amide bonds. The normalized spacial score (nSPS) is 21.8. The van der Waals surface area contributed by atoms with Crippen LogP contribution in [0, 0.1) is 5.82 Å². The van der Waals surface area contributed by atoms with Crippen molar-refractivity contribution in [1.82, 2.24) is 20.0 Å². The predicted molar refractivity (Wildman–Crippen MR) is 80.3 cm³/mol. The molecule has 2 aromatic heterocycles. The number of halogens is 2. The molecule has 0 saturated carbocycles. The Bertz CT molecular complexity index is 692. The van der Waals surface area contributed by atoms with Gasteiger partial charge in [0.05, 0.1) is 17.8 Å². The van der Waals surface area contributed by atoms with Crippen LogP contribution >= 0.6 is 11.6 Å². The summed E-state index contributed by atoms with van der Waals surface area (Å²) in [7, 11) is 0. The van der Waals surface area contributed by atoms with E-state index in [9.17, 15) is 9.50 Å². The van der Waals surface area contributed by atoms with Gasteiger partial charge in [-0.1, -0.05) is 16.8 Å². The Kier molecular flexibility index (Phi) is 3.78. The minimum Gasteiger partial charge on any atom is -0.381 e. The summed E-state index contributed by atoms with van der Waals surface area (Å²) in [5.41, 5.74) is -0.654. The lowest BCUT2D eigenvalue weighted by Gasteiger charge is -2.22. The summed E-state index contributed by atoms with van der Waals surface area (Å²) in [6, 6.07) is 1.38. The number of aromatic nitrogens is 4. The molecule has 1 unspecified atom stereocenters. The summed E-state index contributed by atoms with van der Waals surface area (Å²) in [5.74, 6) is -0.306. The van der Waals surface area contributed by atoms with Crippen LogP contribution in [0.15, 0.2) is 18.5 Å². The van der Waals surface area contributed by atoms with Crippen LogP contribution in [0.5, 0.6) is 0 Å².